The third-order valence-corrected chi connectivity index (χ3v) is 4.78. The molecule has 0 aromatic rings. The van der Waals surface area contributed by atoms with Crippen molar-refractivity contribution in [1.29, 1.82) is 0 Å². The van der Waals surface area contributed by atoms with E-state index in [0.717, 1.165) is 62.8 Å². The maximum Gasteiger partial charge on any atom is 0.0544 e. The van der Waals surface area contributed by atoms with Crippen molar-refractivity contribution in [2.75, 3.05) is 37.1 Å². The highest BCUT2D eigenvalue weighted by Crippen LogP contribution is 2.27. The summed E-state index contributed by atoms with van der Waals surface area (Å²) in [6.07, 6.45) is 6.91. The summed E-state index contributed by atoms with van der Waals surface area (Å²) < 4.78 is 11.7. The van der Waals surface area contributed by atoms with E-state index in [9.17, 15) is 0 Å². The number of halogens is 2. The van der Waals surface area contributed by atoms with Crippen molar-refractivity contribution in [3.05, 3.63) is 0 Å². The zero-order valence-electron chi connectivity index (χ0n) is 12.6. The van der Waals surface area contributed by atoms with Gasteiger partial charge in [-0.2, -0.15) is 0 Å². The van der Waals surface area contributed by atoms with Crippen molar-refractivity contribution in [1.82, 2.24) is 0 Å². The Morgan fingerprint density at radius 3 is 1.47 bits per heavy atom. The van der Waals surface area contributed by atoms with Gasteiger partial charge in [0, 0.05) is 29.3 Å². The number of hydrogen-bond acceptors (Lipinski definition) is 2. The molecule has 0 aromatic heterocycles. The first-order valence-corrected chi connectivity index (χ1v) is 9.76. The number of ether oxygens (including phenoxy) is 2. The zero-order chi connectivity index (χ0) is 14.4. The number of hydrogen-bond donors (Lipinski definition) is 0. The first-order chi connectivity index (χ1) is 9.24. The van der Waals surface area contributed by atoms with Crippen LogP contribution in [0.25, 0.3) is 0 Å². The molecule has 0 aromatic carbocycles. The highest BCUT2D eigenvalue weighted by molar-refractivity contribution is 9.09. The van der Waals surface area contributed by atoms with E-state index in [1.165, 1.54) is 12.8 Å². The second-order valence-electron chi connectivity index (χ2n) is 5.10. The molecule has 4 heteroatoms. The molecule has 0 atom stereocenters. The fourth-order valence-corrected chi connectivity index (χ4v) is 2.67. The van der Waals surface area contributed by atoms with Crippen LogP contribution in [0.5, 0.6) is 0 Å². The second-order valence-corrected chi connectivity index (χ2v) is 6.69. The summed E-state index contributed by atoms with van der Waals surface area (Å²) in [7, 11) is 0. The van der Waals surface area contributed by atoms with Gasteiger partial charge in [-0.3, -0.25) is 0 Å². The average molecular weight is 402 g/mol. The van der Waals surface area contributed by atoms with Crippen LogP contribution in [0.1, 0.15) is 52.4 Å². The molecule has 0 amide bonds. The van der Waals surface area contributed by atoms with Crippen molar-refractivity contribution < 1.29 is 9.47 Å². The van der Waals surface area contributed by atoms with Gasteiger partial charge in [0.2, 0.25) is 0 Å². The molecule has 0 unspecified atom stereocenters. The van der Waals surface area contributed by atoms with Crippen LogP contribution >= 0.6 is 31.9 Å². The van der Waals surface area contributed by atoms with E-state index in [1.54, 1.807) is 0 Å². The number of unbranched alkanes of at least 4 members (excludes halogenated alkanes) is 2. The molecule has 0 radical (unpaired) electrons. The van der Waals surface area contributed by atoms with Crippen molar-refractivity contribution in [2.45, 2.75) is 52.4 Å². The lowest BCUT2D eigenvalue weighted by Crippen LogP contribution is -2.31. The van der Waals surface area contributed by atoms with Crippen molar-refractivity contribution in [3.8, 4) is 0 Å². The molecule has 0 rings (SSSR count). The van der Waals surface area contributed by atoms with Crippen LogP contribution in [0.2, 0.25) is 0 Å². The Hall–Kier alpha value is 0.880. The molecule has 0 heterocycles. The van der Waals surface area contributed by atoms with E-state index in [1.807, 2.05) is 0 Å². The molecule has 116 valence electrons. The minimum atomic E-state index is 0.211. The largest absolute Gasteiger partial charge is 0.381 e. The minimum Gasteiger partial charge on any atom is -0.381 e. The van der Waals surface area contributed by atoms with Crippen LogP contribution in [-0.2, 0) is 9.47 Å². The standard InChI is InChI=1S/C15H30Br2O2/c1-3-15(4-2,13-18-11-7-5-9-16)14-19-12-8-6-10-17/h3-14H2,1-2H3. The van der Waals surface area contributed by atoms with E-state index in [-0.39, 0.29) is 5.41 Å². The molecule has 0 saturated heterocycles. The Morgan fingerprint density at radius 1 is 0.737 bits per heavy atom. The molecule has 0 aliphatic carbocycles. The molecule has 0 N–H and O–H groups in total. The Morgan fingerprint density at radius 2 is 1.16 bits per heavy atom. The third kappa shape index (κ3) is 10.3. The molecule has 0 saturated carbocycles. The topological polar surface area (TPSA) is 18.5 Å². The van der Waals surface area contributed by atoms with E-state index >= 15 is 0 Å². The summed E-state index contributed by atoms with van der Waals surface area (Å²) >= 11 is 6.89. The second kappa shape index (κ2) is 13.8. The third-order valence-electron chi connectivity index (χ3n) is 3.66. The van der Waals surface area contributed by atoms with Gasteiger partial charge in [-0.1, -0.05) is 45.7 Å². The Kier molecular flexibility index (Phi) is 14.5. The van der Waals surface area contributed by atoms with Gasteiger partial charge >= 0.3 is 0 Å². The van der Waals surface area contributed by atoms with Gasteiger partial charge in [-0.05, 0) is 38.5 Å². The fraction of sp³-hybridized carbons (Fsp3) is 1.00. The first-order valence-electron chi connectivity index (χ1n) is 7.52. The molecule has 0 spiro atoms. The lowest BCUT2D eigenvalue weighted by Gasteiger charge is -2.31. The molecule has 2 nitrogen and oxygen atoms in total. The minimum absolute atomic E-state index is 0.211. The highest BCUT2D eigenvalue weighted by Gasteiger charge is 2.26. The fourth-order valence-electron chi connectivity index (χ4n) is 1.87. The van der Waals surface area contributed by atoms with Crippen LogP contribution in [0.4, 0.5) is 0 Å². The Bertz CT molecular complexity index is 169. The zero-order valence-corrected chi connectivity index (χ0v) is 15.7. The van der Waals surface area contributed by atoms with Gasteiger partial charge < -0.3 is 9.47 Å². The predicted octanol–water partition coefficient (Wildman–Crippen LogP) is 5.18. The maximum absolute atomic E-state index is 5.85. The van der Waals surface area contributed by atoms with E-state index < -0.39 is 0 Å². The van der Waals surface area contributed by atoms with Crippen LogP contribution in [0, 0.1) is 5.41 Å². The van der Waals surface area contributed by atoms with Gasteiger partial charge in [0.25, 0.3) is 0 Å². The quantitative estimate of drug-likeness (QED) is 0.295. The van der Waals surface area contributed by atoms with Gasteiger partial charge in [0.05, 0.1) is 13.2 Å². The van der Waals surface area contributed by atoms with Crippen molar-refractivity contribution >= 4 is 31.9 Å². The maximum atomic E-state index is 5.85. The molecule has 0 aliphatic rings. The normalized spacial score (nSPS) is 12.0. The molecule has 19 heavy (non-hydrogen) atoms. The monoisotopic (exact) mass is 400 g/mol. The molecule has 0 aliphatic heterocycles. The Labute approximate surface area is 136 Å². The summed E-state index contributed by atoms with van der Waals surface area (Å²) in [5.41, 5.74) is 0.211. The van der Waals surface area contributed by atoms with Crippen LogP contribution in [-0.4, -0.2) is 37.1 Å². The van der Waals surface area contributed by atoms with Gasteiger partial charge in [-0.25, -0.2) is 0 Å². The van der Waals surface area contributed by atoms with Gasteiger partial charge in [0.15, 0.2) is 0 Å². The first kappa shape index (κ1) is 19.9. The summed E-state index contributed by atoms with van der Waals surface area (Å²) in [6, 6.07) is 0. The molecule has 0 bridgehead atoms. The summed E-state index contributed by atoms with van der Waals surface area (Å²) in [5, 5.41) is 2.14. The number of alkyl halides is 2. The SMILES string of the molecule is CCC(CC)(COCCCCBr)COCCCCBr. The molecular formula is C15H30Br2O2. The smallest absolute Gasteiger partial charge is 0.0544 e. The highest BCUT2D eigenvalue weighted by atomic mass is 79.9. The van der Waals surface area contributed by atoms with Gasteiger partial charge in [0.1, 0.15) is 0 Å². The van der Waals surface area contributed by atoms with E-state index in [2.05, 4.69) is 45.7 Å². The van der Waals surface area contributed by atoms with E-state index in [0.29, 0.717) is 0 Å². The summed E-state index contributed by atoms with van der Waals surface area (Å²) in [6.45, 7) is 7.90. The van der Waals surface area contributed by atoms with Crippen LogP contribution < -0.4 is 0 Å². The number of rotatable bonds is 14. The lowest BCUT2D eigenvalue weighted by molar-refractivity contribution is -0.0283. The molecule has 0 fully saturated rings. The summed E-state index contributed by atoms with van der Waals surface area (Å²) in [5.74, 6) is 0. The predicted molar refractivity (Wildman–Crippen MR) is 90.7 cm³/mol. The average Bonchev–Trinajstić information content (AvgIpc) is 2.45. The van der Waals surface area contributed by atoms with Crippen molar-refractivity contribution in [3.63, 3.8) is 0 Å². The van der Waals surface area contributed by atoms with Crippen LogP contribution in [0.3, 0.4) is 0 Å². The van der Waals surface area contributed by atoms with E-state index in [4.69, 9.17) is 9.47 Å². The molecular weight excluding hydrogens is 372 g/mol. The lowest BCUT2D eigenvalue weighted by atomic mass is 9.84. The summed E-state index contributed by atoms with van der Waals surface area (Å²) in [4.78, 5) is 0. The van der Waals surface area contributed by atoms with Crippen molar-refractivity contribution in [2.24, 2.45) is 5.41 Å². The Balaban J connectivity index is 3.83. The van der Waals surface area contributed by atoms with Crippen LogP contribution in [0.15, 0.2) is 0 Å². The van der Waals surface area contributed by atoms with Gasteiger partial charge in [-0.15, -0.1) is 0 Å².